The molecule has 1 aliphatic rings. The Labute approximate surface area is 180 Å². The molecule has 0 amide bonds. The average molecular weight is 454 g/mol. The molecule has 0 bridgehead atoms. The average Bonchev–Trinajstić information content (AvgIpc) is 3.06. The number of benzene rings is 1. The molecular formula is C21H25F2N3O4S. The fourth-order valence-corrected chi connectivity index (χ4v) is 5.47. The number of piperazine rings is 1. The van der Waals surface area contributed by atoms with Gasteiger partial charge in [-0.15, -0.1) is 0 Å². The lowest BCUT2D eigenvalue weighted by Gasteiger charge is -2.33. The summed E-state index contributed by atoms with van der Waals surface area (Å²) in [6, 6.07) is 2.32. The minimum atomic E-state index is -4.18. The summed E-state index contributed by atoms with van der Waals surface area (Å²) in [7, 11) is -4.18. The molecule has 1 fully saturated rings. The van der Waals surface area contributed by atoms with Gasteiger partial charge in [0.25, 0.3) is 0 Å². The van der Waals surface area contributed by atoms with Crippen LogP contribution in [0.15, 0.2) is 23.1 Å². The molecule has 10 heteroatoms. The van der Waals surface area contributed by atoms with Crippen LogP contribution >= 0.6 is 0 Å². The Morgan fingerprint density at radius 2 is 1.77 bits per heavy atom. The van der Waals surface area contributed by atoms with E-state index >= 15 is 0 Å². The van der Waals surface area contributed by atoms with Crippen LogP contribution in [0.1, 0.15) is 46.0 Å². The fraction of sp³-hybridized carbons (Fsp3) is 0.429. The van der Waals surface area contributed by atoms with Gasteiger partial charge in [0.05, 0.1) is 12.2 Å². The van der Waals surface area contributed by atoms with E-state index in [1.54, 1.807) is 11.8 Å². The number of aromatic amines is 1. The second kappa shape index (κ2) is 8.97. The Morgan fingerprint density at radius 3 is 2.35 bits per heavy atom. The smallest absolute Gasteiger partial charge is 0.246 e. The van der Waals surface area contributed by atoms with Crippen molar-refractivity contribution in [3.63, 3.8) is 0 Å². The molecule has 7 nitrogen and oxygen atoms in total. The highest BCUT2D eigenvalue weighted by molar-refractivity contribution is 7.89. The Hall–Kier alpha value is -2.43. The molecule has 0 atom stereocenters. The largest absolute Gasteiger partial charge is 0.355 e. The first kappa shape index (κ1) is 23.2. The molecular weight excluding hydrogens is 428 g/mol. The van der Waals surface area contributed by atoms with Crippen molar-refractivity contribution in [3.05, 3.63) is 52.3 Å². The number of hydrogen-bond acceptors (Lipinski definition) is 5. The summed E-state index contributed by atoms with van der Waals surface area (Å²) in [5.41, 5.74) is 2.29. The third-order valence-electron chi connectivity index (χ3n) is 5.49. The third kappa shape index (κ3) is 4.60. The maximum Gasteiger partial charge on any atom is 0.246 e. The summed E-state index contributed by atoms with van der Waals surface area (Å²) < 4.78 is 53.9. The van der Waals surface area contributed by atoms with Crippen LogP contribution in [0.5, 0.6) is 0 Å². The number of carbonyl (C=O) groups excluding carboxylic acids is 2. The molecule has 2 heterocycles. The maximum atomic E-state index is 14.0. The van der Waals surface area contributed by atoms with Gasteiger partial charge in [0.1, 0.15) is 16.5 Å². The molecule has 1 aromatic heterocycles. The second-order valence-electron chi connectivity index (χ2n) is 7.57. The molecule has 0 saturated carbocycles. The Bertz CT molecular complexity index is 1120. The first-order chi connectivity index (χ1) is 14.6. The number of H-pyrrole nitrogens is 1. The summed E-state index contributed by atoms with van der Waals surface area (Å²) in [4.78, 5) is 28.9. The van der Waals surface area contributed by atoms with Crippen LogP contribution < -0.4 is 0 Å². The molecule has 0 radical (unpaired) electrons. The topological polar surface area (TPSA) is 90.6 Å². The quantitative estimate of drug-likeness (QED) is 0.651. The zero-order chi connectivity index (χ0) is 22.9. The van der Waals surface area contributed by atoms with Crippen molar-refractivity contribution in [1.29, 1.82) is 0 Å². The summed E-state index contributed by atoms with van der Waals surface area (Å²) in [6.45, 7) is 5.79. The van der Waals surface area contributed by atoms with Crippen molar-refractivity contribution >= 4 is 21.6 Å². The van der Waals surface area contributed by atoms with E-state index in [-0.39, 0.29) is 44.3 Å². The van der Waals surface area contributed by atoms with Gasteiger partial charge in [-0.2, -0.15) is 4.31 Å². The normalized spacial score (nSPS) is 15.9. The number of Topliss-reactive ketones (excluding diaryl/α,β-unsaturated/α-hetero) is 2. The fourth-order valence-electron chi connectivity index (χ4n) is 3.97. The van der Waals surface area contributed by atoms with E-state index in [0.29, 0.717) is 35.0 Å². The van der Waals surface area contributed by atoms with Crippen molar-refractivity contribution in [2.24, 2.45) is 0 Å². The van der Waals surface area contributed by atoms with Crippen molar-refractivity contribution in [2.75, 3.05) is 32.7 Å². The summed E-state index contributed by atoms with van der Waals surface area (Å²) >= 11 is 0. The van der Waals surface area contributed by atoms with Crippen LogP contribution in [0.2, 0.25) is 0 Å². The number of ketones is 2. The van der Waals surface area contributed by atoms with Crippen LogP contribution in [0, 0.1) is 18.6 Å². The van der Waals surface area contributed by atoms with Crippen LogP contribution in [0.4, 0.5) is 8.78 Å². The number of sulfonamides is 1. The highest BCUT2D eigenvalue weighted by Crippen LogP contribution is 2.23. The van der Waals surface area contributed by atoms with E-state index < -0.39 is 26.6 Å². The Morgan fingerprint density at radius 1 is 1.13 bits per heavy atom. The molecule has 1 aromatic carbocycles. The molecule has 0 spiro atoms. The predicted molar refractivity (Wildman–Crippen MR) is 111 cm³/mol. The van der Waals surface area contributed by atoms with Gasteiger partial charge in [-0.25, -0.2) is 17.2 Å². The lowest BCUT2D eigenvalue weighted by molar-refractivity contribution is 0.0896. The first-order valence-corrected chi connectivity index (χ1v) is 11.4. The third-order valence-corrected chi connectivity index (χ3v) is 7.40. The molecule has 1 aliphatic heterocycles. The van der Waals surface area contributed by atoms with Gasteiger partial charge in [0.15, 0.2) is 11.6 Å². The van der Waals surface area contributed by atoms with Crippen molar-refractivity contribution in [2.45, 2.75) is 32.1 Å². The number of rotatable bonds is 7. The first-order valence-electron chi connectivity index (χ1n) is 9.99. The van der Waals surface area contributed by atoms with Gasteiger partial charge < -0.3 is 4.98 Å². The highest BCUT2D eigenvalue weighted by atomic mass is 32.2. The summed E-state index contributed by atoms with van der Waals surface area (Å²) in [5, 5.41) is 0. The molecule has 1 N–H and O–H groups in total. The zero-order valence-electron chi connectivity index (χ0n) is 17.7. The number of carbonyl (C=O) groups is 2. The number of aromatic nitrogens is 1. The Kier molecular flexibility index (Phi) is 6.73. The number of hydrogen-bond donors (Lipinski definition) is 1. The van der Waals surface area contributed by atoms with Crippen LogP contribution in [-0.2, 0) is 16.4 Å². The van der Waals surface area contributed by atoms with Gasteiger partial charge in [-0.3, -0.25) is 14.5 Å². The van der Waals surface area contributed by atoms with Crippen LogP contribution in [0.25, 0.3) is 0 Å². The van der Waals surface area contributed by atoms with Crippen molar-refractivity contribution < 1.29 is 26.8 Å². The molecule has 0 aliphatic carbocycles. The Balaban J connectivity index is 1.69. The van der Waals surface area contributed by atoms with Crippen molar-refractivity contribution in [1.82, 2.24) is 14.2 Å². The SMILES string of the molecule is CCc1c(C(=O)CN2CCN(S(=O)(=O)c3cc(F)ccc3F)CC2)[nH]c(C)c1C(C)=O. The molecule has 0 unspecified atom stereocenters. The number of nitrogens with zero attached hydrogens (tertiary/aromatic N) is 2. The van der Waals surface area contributed by atoms with E-state index in [0.717, 1.165) is 16.4 Å². The standard InChI is InChI=1S/C21H25F2N3O4S/c1-4-16-20(14(3)27)13(2)24-21(16)18(28)12-25-7-9-26(10-8-25)31(29,30)19-11-15(22)5-6-17(19)23/h5-6,11,24H,4,7-10,12H2,1-3H3. The number of halogens is 2. The van der Waals surface area contributed by atoms with E-state index in [4.69, 9.17) is 0 Å². The van der Waals surface area contributed by atoms with E-state index in [1.165, 1.54) is 6.92 Å². The van der Waals surface area contributed by atoms with Gasteiger partial charge >= 0.3 is 0 Å². The van der Waals surface area contributed by atoms with Crippen molar-refractivity contribution in [3.8, 4) is 0 Å². The lowest BCUT2D eigenvalue weighted by atomic mass is 10.0. The van der Waals surface area contributed by atoms with Gasteiger partial charge in [0, 0.05) is 37.4 Å². The van der Waals surface area contributed by atoms with Gasteiger partial charge in [0.2, 0.25) is 10.0 Å². The highest BCUT2D eigenvalue weighted by Gasteiger charge is 2.32. The van der Waals surface area contributed by atoms with E-state index in [2.05, 4.69) is 4.98 Å². The molecule has 2 aromatic rings. The van der Waals surface area contributed by atoms with Crippen LogP contribution in [-0.4, -0.2) is 66.9 Å². The minimum Gasteiger partial charge on any atom is -0.355 e. The van der Waals surface area contributed by atoms with E-state index in [1.807, 2.05) is 6.92 Å². The van der Waals surface area contributed by atoms with E-state index in [9.17, 15) is 26.8 Å². The number of aryl methyl sites for hydroxylation is 1. The maximum absolute atomic E-state index is 14.0. The van der Waals surface area contributed by atoms with Gasteiger partial charge in [-0.05, 0) is 44.0 Å². The van der Waals surface area contributed by atoms with Crippen LogP contribution in [0.3, 0.4) is 0 Å². The summed E-state index contributed by atoms with van der Waals surface area (Å²) in [5.74, 6) is -2.12. The monoisotopic (exact) mass is 453 g/mol. The number of nitrogens with one attached hydrogen (secondary N) is 1. The second-order valence-corrected chi connectivity index (χ2v) is 9.47. The minimum absolute atomic E-state index is 0.0502. The summed E-state index contributed by atoms with van der Waals surface area (Å²) in [6.07, 6.45) is 0.533. The molecule has 168 valence electrons. The molecule has 31 heavy (non-hydrogen) atoms. The predicted octanol–water partition coefficient (Wildman–Crippen LogP) is 2.56. The zero-order valence-corrected chi connectivity index (χ0v) is 18.5. The van der Waals surface area contributed by atoms with Gasteiger partial charge in [-0.1, -0.05) is 6.92 Å². The molecule has 1 saturated heterocycles. The molecule has 3 rings (SSSR count). The lowest BCUT2D eigenvalue weighted by Crippen LogP contribution is -2.50.